The highest BCUT2D eigenvalue weighted by Gasteiger charge is 2.29. The molecule has 178 valence electrons. The van der Waals surface area contributed by atoms with Gasteiger partial charge in [0.25, 0.3) is 0 Å². The Morgan fingerprint density at radius 3 is 2.66 bits per heavy atom. The molecule has 0 spiro atoms. The van der Waals surface area contributed by atoms with E-state index in [0.717, 1.165) is 52.5 Å². The zero-order valence-electron chi connectivity index (χ0n) is 19.9. The van der Waals surface area contributed by atoms with E-state index >= 15 is 0 Å². The number of benzene rings is 1. The van der Waals surface area contributed by atoms with Gasteiger partial charge in [-0.1, -0.05) is 12.5 Å². The molecule has 35 heavy (non-hydrogen) atoms. The molecule has 6 nitrogen and oxygen atoms in total. The van der Waals surface area contributed by atoms with E-state index in [4.69, 9.17) is 4.98 Å². The summed E-state index contributed by atoms with van der Waals surface area (Å²) in [5.41, 5.74) is 2.69. The van der Waals surface area contributed by atoms with Gasteiger partial charge in [-0.05, 0) is 74.6 Å². The third-order valence-electron chi connectivity index (χ3n) is 6.77. The van der Waals surface area contributed by atoms with Gasteiger partial charge in [-0.2, -0.15) is 0 Å². The summed E-state index contributed by atoms with van der Waals surface area (Å²) in [7, 11) is 0. The van der Waals surface area contributed by atoms with Gasteiger partial charge in [-0.3, -0.25) is 19.4 Å². The van der Waals surface area contributed by atoms with Crippen LogP contribution in [0.1, 0.15) is 70.0 Å². The highest BCUT2D eigenvalue weighted by molar-refractivity contribution is 7.14. The minimum Gasteiger partial charge on any atom is -0.320 e. The van der Waals surface area contributed by atoms with Crippen molar-refractivity contribution >= 4 is 39.7 Å². The van der Waals surface area contributed by atoms with Crippen LogP contribution < -0.4 is 0 Å². The van der Waals surface area contributed by atoms with Gasteiger partial charge in [0.2, 0.25) is 5.78 Å². The summed E-state index contributed by atoms with van der Waals surface area (Å²) in [6, 6.07) is 15.1. The maximum atomic E-state index is 12.9. The van der Waals surface area contributed by atoms with E-state index in [1.54, 1.807) is 29.7 Å². The highest BCUT2D eigenvalue weighted by atomic mass is 32.1. The van der Waals surface area contributed by atoms with Crippen molar-refractivity contribution in [2.45, 2.75) is 52.0 Å². The Balaban J connectivity index is 1.50. The molecule has 3 heterocycles. The van der Waals surface area contributed by atoms with Crippen molar-refractivity contribution in [1.82, 2.24) is 14.5 Å². The number of fused-ring (bicyclic) bond motifs is 1. The topological polar surface area (TPSA) is 81.9 Å². The number of rotatable bonds is 7. The van der Waals surface area contributed by atoms with Crippen LogP contribution in [0.4, 0.5) is 0 Å². The number of carbonyl (C=O) groups is 3. The van der Waals surface area contributed by atoms with Crippen LogP contribution in [0.3, 0.4) is 0 Å². The van der Waals surface area contributed by atoms with Crippen molar-refractivity contribution in [3.63, 3.8) is 0 Å². The molecule has 2 atom stereocenters. The van der Waals surface area contributed by atoms with E-state index in [1.165, 1.54) is 6.92 Å². The maximum Gasteiger partial charge on any atom is 0.228 e. The molecule has 0 unspecified atom stereocenters. The molecule has 0 bridgehead atoms. The van der Waals surface area contributed by atoms with Crippen molar-refractivity contribution in [3.05, 3.63) is 70.0 Å². The van der Waals surface area contributed by atoms with Crippen molar-refractivity contribution in [2.24, 2.45) is 5.92 Å². The average Bonchev–Trinajstić information content (AvgIpc) is 3.47. The summed E-state index contributed by atoms with van der Waals surface area (Å²) in [5, 5.41) is 0. The van der Waals surface area contributed by atoms with Crippen LogP contribution in [0.25, 0.3) is 22.6 Å². The Kier molecular flexibility index (Phi) is 6.43. The quantitative estimate of drug-likeness (QED) is 0.228. The lowest BCUT2D eigenvalue weighted by Crippen LogP contribution is -2.22. The molecule has 1 aromatic carbocycles. The lowest BCUT2D eigenvalue weighted by Gasteiger charge is -2.31. The van der Waals surface area contributed by atoms with Gasteiger partial charge < -0.3 is 4.57 Å². The molecule has 0 amide bonds. The minimum atomic E-state index is -0.513. The van der Waals surface area contributed by atoms with Gasteiger partial charge in [-0.25, -0.2) is 4.98 Å². The normalized spacial score (nSPS) is 18.0. The van der Waals surface area contributed by atoms with Gasteiger partial charge in [0.05, 0.1) is 15.9 Å². The van der Waals surface area contributed by atoms with E-state index in [2.05, 4.69) is 9.55 Å². The molecule has 1 fully saturated rings. The number of nitrogens with zero attached hydrogens (tertiary/aromatic N) is 3. The first-order valence-corrected chi connectivity index (χ1v) is 12.8. The minimum absolute atomic E-state index is 0.169. The smallest absolute Gasteiger partial charge is 0.228 e. The van der Waals surface area contributed by atoms with Gasteiger partial charge in [-0.15, -0.1) is 11.3 Å². The van der Waals surface area contributed by atoms with Crippen LogP contribution in [-0.4, -0.2) is 31.9 Å². The van der Waals surface area contributed by atoms with Gasteiger partial charge in [0, 0.05) is 36.0 Å². The van der Waals surface area contributed by atoms with E-state index in [1.807, 2.05) is 43.3 Å². The molecule has 0 radical (unpaired) electrons. The predicted molar refractivity (Wildman–Crippen MR) is 137 cm³/mol. The van der Waals surface area contributed by atoms with Crippen LogP contribution >= 0.6 is 11.3 Å². The first-order valence-electron chi connectivity index (χ1n) is 12.0. The molecule has 7 heteroatoms. The Labute approximate surface area is 208 Å². The molecule has 0 aliphatic heterocycles. The first kappa shape index (κ1) is 23.3. The number of pyridine rings is 1. The Morgan fingerprint density at radius 1 is 1.09 bits per heavy atom. The third-order valence-corrected chi connectivity index (χ3v) is 7.82. The monoisotopic (exact) mass is 485 g/mol. The zero-order valence-corrected chi connectivity index (χ0v) is 20.7. The summed E-state index contributed by atoms with van der Waals surface area (Å²) >= 11 is 1.57. The number of aryl methyl sites for hydroxylation is 1. The number of carbonyl (C=O) groups excluding carboxylic acids is 3. The summed E-state index contributed by atoms with van der Waals surface area (Å²) in [4.78, 5) is 48.2. The van der Waals surface area contributed by atoms with Crippen molar-refractivity contribution in [1.29, 1.82) is 0 Å². The second-order valence-electron chi connectivity index (χ2n) is 9.33. The molecule has 1 aliphatic carbocycles. The Hall–Kier alpha value is -3.45. The number of thiophene rings is 1. The summed E-state index contributed by atoms with van der Waals surface area (Å²) < 4.78 is 2.23. The number of Topliss-reactive ketones (excluding diaryl/α,β-unsaturated/α-hetero) is 3. The van der Waals surface area contributed by atoms with Crippen LogP contribution in [0.5, 0.6) is 0 Å². The Bertz CT molecular complexity index is 1420. The lowest BCUT2D eigenvalue weighted by atomic mass is 9.82. The SMILES string of the molecule is CC(=O)C(=O)c1ccc2c(c1)nc(-c1ccccn1)n2[C@H]1CCC[C@@H](CC(=O)c2ccc(C)s2)C1. The van der Waals surface area contributed by atoms with Crippen LogP contribution in [0.15, 0.2) is 54.7 Å². The molecular weight excluding hydrogens is 458 g/mol. The highest BCUT2D eigenvalue weighted by Crippen LogP contribution is 2.39. The molecule has 4 aromatic rings. The fourth-order valence-electron chi connectivity index (χ4n) is 5.12. The lowest BCUT2D eigenvalue weighted by molar-refractivity contribution is -0.113. The number of hydrogen-bond donors (Lipinski definition) is 0. The number of imidazole rings is 1. The summed E-state index contributed by atoms with van der Waals surface area (Å²) in [6.07, 6.45) is 6.25. The third kappa shape index (κ3) is 4.73. The van der Waals surface area contributed by atoms with E-state index in [-0.39, 0.29) is 11.8 Å². The maximum absolute atomic E-state index is 12.9. The second kappa shape index (κ2) is 9.66. The van der Waals surface area contributed by atoms with Crippen LogP contribution in [0.2, 0.25) is 0 Å². The number of hydrogen-bond acceptors (Lipinski definition) is 6. The zero-order chi connectivity index (χ0) is 24.5. The molecule has 3 aromatic heterocycles. The van der Waals surface area contributed by atoms with Crippen molar-refractivity contribution in [2.75, 3.05) is 0 Å². The molecule has 0 N–H and O–H groups in total. The molecule has 1 aliphatic rings. The van der Waals surface area contributed by atoms with Crippen molar-refractivity contribution < 1.29 is 14.4 Å². The van der Waals surface area contributed by atoms with E-state index in [0.29, 0.717) is 23.4 Å². The average molecular weight is 486 g/mol. The van der Waals surface area contributed by atoms with Gasteiger partial charge >= 0.3 is 0 Å². The fraction of sp³-hybridized carbons (Fsp3) is 0.321. The van der Waals surface area contributed by atoms with E-state index < -0.39 is 11.6 Å². The molecular formula is C28H27N3O3S. The van der Waals surface area contributed by atoms with Gasteiger partial charge in [0.15, 0.2) is 17.4 Å². The second-order valence-corrected chi connectivity index (χ2v) is 10.6. The van der Waals surface area contributed by atoms with Crippen molar-refractivity contribution in [3.8, 4) is 11.5 Å². The number of ketones is 3. The molecule has 0 saturated heterocycles. The largest absolute Gasteiger partial charge is 0.320 e. The predicted octanol–water partition coefficient (Wildman–Crippen LogP) is 6.24. The summed E-state index contributed by atoms with van der Waals surface area (Å²) in [6.45, 7) is 3.31. The van der Waals surface area contributed by atoms with Crippen LogP contribution in [-0.2, 0) is 4.79 Å². The summed E-state index contributed by atoms with van der Waals surface area (Å²) in [5.74, 6) is 0.270. The molecule has 5 rings (SSSR count). The van der Waals surface area contributed by atoms with E-state index in [9.17, 15) is 14.4 Å². The fourth-order valence-corrected chi connectivity index (χ4v) is 5.93. The standard InChI is InChI=1S/C28H27N3O3S/c1-17-9-12-26(35-17)25(33)15-19-6-5-7-21(14-19)31-24-11-10-20(27(34)18(2)32)16-23(24)30-28(31)22-8-3-4-13-29-22/h3-4,8-13,16,19,21H,5-7,14-15H2,1-2H3/t19-,21+/m1/s1. The first-order chi connectivity index (χ1) is 16.9. The number of aromatic nitrogens is 3. The Morgan fingerprint density at radius 2 is 1.94 bits per heavy atom. The van der Waals surface area contributed by atoms with Gasteiger partial charge in [0.1, 0.15) is 5.69 Å². The molecule has 1 saturated carbocycles. The van der Waals surface area contributed by atoms with Crippen LogP contribution in [0, 0.1) is 12.8 Å².